The lowest BCUT2D eigenvalue weighted by Gasteiger charge is -2.07. The number of rotatable bonds is 5. The van der Waals surface area contributed by atoms with Gasteiger partial charge in [0.1, 0.15) is 12.4 Å². The van der Waals surface area contributed by atoms with Crippen LogP contribution in [-0.4, -0.2) is 15.9 Å². The predicted molar refractivity (Wildman–Crippen MR) is 107 cm³/mol. The molecule has 4 aromatic rings. The summed E-state index contributed by atoms with van der Waals surface area (Å²) in [5, 5.41) is 3.46. The van der Waals surface area contributed by atoms with Crippen LogP contribution in [0.4, 0.5) is 5.13 Å². The number of fused-ring (bicyclic) bond motifs is 1. The van der Waals surface area contributed by atoms with Crippen molar-refractivity contribution in [2.75, 3.05) is 5.32 Å². The molecule has 0 spiro atoms. The molecule has 2 aromatic carbocycles. The molecule has 6 heteroatoms. The maximum absolute atomic E-state index is 12.5. The molecule has 4 rings (SSSR count). The molecule has 2 heterocycles. The summed E-state index contributed by atoms with van der Waals surface area (Å²) >= 11 is 1.47. The van der Waals surface area contributed by atoms with Gasteiger partial charge in [0.05, 0.1) is 10.2 Å². The number of benzene rings is 2. The second-order valence-electron chi connectivity index (χ2n) is 6.12. The normalized spacial score (nSPS) is 10.7. The van der Waals surface area contributed by atoms with Gasteiger partial charge in [-0.05, 0) is 55.0 Å². The number of amides is 1. The van der Waals surface area contributed by atoms with Crippen LogP contribution in [0, 0.1) is 6.92 Å². The number of nitrogens with one attached hydrogen (secondary N) is 1. The highest BCUT2D eigenvalue weighted by Gasteiger charge is 2.10. The highest BCUT2D eigenvalue weighted by atomic mass is 32.1. The van der Waals surface area contributed by atoms with Gasteiger partial charge in [-0.2, -0.15) is 0 Å². The van der Waals surface area contributed by atoms with Gasteiger partial charge in [0.25, 0.3) is 5.91 Å². The fourth-order valence-corrected chi connectivity index (χ4v) is 3.57. The monoisotopic (exact) mass is 375 g/mol. The molecule has 27 heavy (non-hydrogen) atoms. The van der Waals surface area contributed by atoms with Crippen molar-refractivity contribution < 1.29 is 9.53 Å². The van der Waals surface area contributed by atoms with Gasteiger partial charge in [0.15, 0.2) is 5.13 Å². The molecule has 0 fully saturated rings. The summed E-state index contributed by atoms with van der Waals surface area (Å²) in [6, 6.07) is 16.9. The zero-order valence-corrected chi connectivity index (χ0v) is 15.5. The van der Waals surface area contributed by atoms with E-state index in [1.807, 2.05) is 31.2 Å². The standard InChI is InChI=1S/C21H17N3O2S/c1-14-4-9-18-19(11-14)27-21(23-18)24-20(25)16-5-7-17(8-6-16)26-13-15-3-2-10-22-12-15/h2-12H,13H2,1H3,(H,23,24,25). The van der Waals surface area contributed by atoms with Gasteiger partial charge in [0.2, 0.25) is 0 Å². The van der Waals surface area contributed by atoms with Crippen molar-refractivity contribution in [1.82, 2.24) is 9.97 Å². The van der Waals surface area contributed by atoms with E-state index in [4.69, 9.17) is 4.74 Å². The lowest BCUT2D eigenvalue weighted by Crippen LogP contribution is -2.11. The van der Waals surface area contributed by atoms with Crippen LogP contribution >= 0.6 is 11.3 Å². The van der Waals surface area contributed by atoms with Crippen molar-refractivity contribution >= 4 is 32.6 Å². The average Bonchev–Trinajstić information content (AvgIpc) is 3.09. The van der Waals surface area contributed by atoms with E-state index < -0.39 is 0 Å². The van der Waals surface area contributed by atoms with Crippen LogP contribution in [0.5, 0.6) is 5.75 Å². The van der Waals surface area contributed by atoms with Crippen molar-refractivity contribution in [3.8, 4) is 5.75 Å². The minimum absolute atomic E-state index is 0.190. The van der Waals surface area contributed by atoms with Crippen molar-refractivity contribution in [3.63, 3.8) is 0 Å². The predicted octanol–water partition coefficient (Wildman–Crippen LogP) is 4.83. The molecular weight excluding hydrogens is 358 g/mol. The second-order valence-corrected chi connectivity index (χ2v) is 7.15. The zero-order chi connectivity index (χ0) is 18.6. The van der Waals surface area contributed by atoms with Crippen LogP contribution in [0.25, 0.3) is 10.2 Å². The Morgan fingerprint density at radius 3 is 2.78 bits per heavy atom. The van der Waals surface area contributed by atoms with E-state index in [2.05, 4.69) is 21.4 Å². The first-order valence-electron chi connectivity index (χ1n) is 8.48. The highest BCUT2D eigenvalue weighted by Crippen LogP contribution is 2.27. The van der Waals surface area contributed by atoms with Crippen LogP contribution in [0.3, 0.4) is 0 Å². The fraction of sp³-hybridized carbons (Fsp3) is 0.0952. The second kappa shape index (κ2) is 7.55. The molecule has 1 amide bonds. The van der Waals surface area contributed by atoms with E-state index in [0.29, 0.717) is 23.1 Å². The van der Waals surface area contributed by atoms with Crippen LogP contribution in [0.2, 0.25) is 0 Å². The molecule has 134 valence electrons. The summed E-state index contributed by atoms with van der Waals surface area (Å²) in [5.74, 6) is 0.510. The molecular formula is C21H17N3O2S. The quantitative estimate of drug-likeness (QED) is 0.543. The largest absolute Gasteiger partial charge is 0.489 e. The lowest BCUT2D eigenvalue weighted by atomic mass is 10.2. The Morgan fingerprint density at radius 2 is 2.00 bits per heavy atom. The van der Waals surface area contributed by atoms with E-state index >= 15 is 0 Å². The Bertz CT molecular complexity index is 1080. The van der Waals surface area contributed by atoms with Crippen LogP contribution in [0.15, 0.2) is 67.0 Å². The Kier molecular flexibility index (Phi) is 4.80. The molecule has 0 bridgehead atoms. The molecule has 0 saturated carbocycles. The summed E-state index contributed by atoms with van der Waals surface area (Å²) in [7, 11) is 0. The highest BCUT2D eigenvalue weighted by molar-refractivity contribution is 7.22. The third-order valence-electron chi connectivity index (χ3n) is 4.01. The van der Waals surface area contributed by atoms with Crippen LogP contribution in [-0.2, 0) is 6.61 Å². The Morgan fingerprint density at radius 1 is 1.15 bits per heavy atom. The number of anilines is 1. The minimum Gasteiger partial charge on any atom is -0.489 e. The number of thiazole rings is 1. The number of hydrogen-bond donors (Lipinski definition) is 1. The maximum atomic E-state index is 12.5. The number of nitrogens with zero attached hydrogens (tertiary/aromatic N) is 2. The summed E-state index contributed by atoms with van der Waals surface area (Å²) in [6.45, 7) is 2.47. The van der Waals surface area contributed by atoms with Gasteiger partial charge in [-0.15, -0.1) is 0 Å². The molecule has 0 unspecified atom stereocenters. The van der Waals surface area contributed by atoms with Crippen molar-refractivity contribution in [2.45, 2.75) is 13.5 Å². The van der Waals surface area contributed by atoms with E-state index in [-0.39, 0.29) is 5.91 Å². The van der Waals surface area contributed by atoms with Gasteiger partial charge in [0, 0.05) is 23.5 Å². The molecule has 1 N–H and O–H groups in total. The van der Waals surface area contributed by atoms with Gasteiger partial charge in [-0.1, -0.05) is 23.5 Å². The summed E-state index contributed by atoms with van der Waals surface area (Å²) < 4.78 is 6.77. The average molecular weight is 375 g/mol. The minimum atomic E-state index is -0.190. The number of carbonyl (C=O) groups is 1. The number of pyridine rings is 1. The Labute approximate surface area is 160 Å². The number of hydrogen-bond acceptors (Lipinski definition) is 5. The first-order valence-corrected chi connectivity index (χ1v) is 9.29. The SMILES string of the molecule is Cc1ccc2nc(NC(=O)c3ccc(OCc4cccnc4)cc3)sc2c1. The van der Waals surface area contributed by atoms with Crippen molar-refractivity contribution in [3.05, 3.63) is 83.7 Å². The smallest absolute Gasteiger partial charge is 0.257 e. The van der Waals surface area contributed by atoms with Crippen LogP contribution < -0.4 is 10.1 Å². The molecule has 0 aliphatic heterocycles. The molecule has 2 aromatic heterocycles. The van der Waals surface area contributed by atoms with E-state index in [0.717, 1.165) is 15.8 Å². The lowest BCUT2D eigenvalue weighted by molar-refractivity contribution is 0.102. The molecule has 0 radical (unpaired) electrons. The van der Waals surface area contributed by atoms with Gasteiger partial charge >= 0.3 is 0 Å². The number of aromatic nitrogens is 2. The van der Waals surface area contributed by atoms with Gasteiger partial charge < -0.3 is 4.74 Å². The first kappa shape index (κ1) is 17.2. The first-order chi connectivity index (χ1) is 13.2. The summed E-state index contributed by atoms with van der Waals surface area (Å²) in [5.41, 5.74) is 3.61. The topological polar surface area (TPSA) is 64.1 Å². The van der Waals surface area contributed by atoms with Gasteiger partial charge in [-0.3, -0.25) is 15.1 Å². The third kappa shape index (κ3) is 4.12. The van der Waals surface area contributed by atoms with Crippen molar-refractivity contribution in [2.24, 2.45) is 0 Å². The summed E-state index contributed by atoms with van der Waals surface area (Å²) in [4.78, 5) is 21.0. The fourth-order valence-electron chi connectivity index (χ4n) is 2.61. The Balaban J connectivity index is 1.41. The molecule has 0 aliphatic rings. The van der Waals surface area contributed by atoms with E-state index in [1.54, 1.807) is 36.7 Å². The third-order valence-corrected chi connectivity index (χ3v) is 4.94. The van der Waals surface area contributed by atoms with Crippen LogP contribution in [0.1, 0.15) is 21.5 Å². The summed E-state index contributed by atoms with van der Waals surface area (Å²) in [6.07, 6.45) is 3.49. The molecule has 0 aliphatic carbocycles. The number of carbonyl (C=O) groups excluding carboxylic acids is 1. The number of ether oxygens (including phenoxy) is 1. The Hall–Kier alpha value is -3.25. The molecule has 0 saturated heterocycles. The molecule has 5 nitrogen and oxygen atoms in total. The maximum Gasteiger partial charge on any atom is 0.257 e. The zero-order valence-electron chi connectivity index (χ0n) is 14.7. The van der Waals surface area contributed by atoms with E-state index in [9.17, 15) is 4.79 Å². The van der Waals surface area contributed by atoms with E-state index in [1.165, 1.54) is 16.9 Å². The molecule has 0 atom stereocenters. The van der Waals surface area contributed by atoms with Gasteiger partial charge in [-0.25, -0.2) is 4.98 Å². The van der Waals surface area contributed by atoms with Crippen molar-refractivity contribution in [1.29, 1.82) is 0 Å². The number of aryl methyl sites for hydroxylation is 1.